The molecule has 0 aliphatic carbocycles. The maximum absolute atomic E-state index is 5.24. The van der Waals surface area contributed by atoms with Gasteiger partial charge in [0.2, 0.25) is 5.95 Å². The second-order valence-electron chi connectivity index (χ2n) is 13.3. The van der Waals surface area contributed by atoms with Crippen LogP contribution in [0.2, 0.25) is 0 Å². The lowest BCUT2D eigenvalue weighted by molar-refractivity contribution is 0.954. The van der Waals surface area contributed by atoms with E-state index in [1.165, 1.54) is 27.3 Å². The zero-order valence-electron chi connectivity index (χ0n) is 28.8. The molecule has 0 fully saturated rings. The van der Waals surface area contributed by atoms with Gasteiger partial charge in [0.1, 0.15) is 0 Å². The lowest BCUT2D eigenvalue weighted by Crippen LogP contribution is -2.06. The number of benzene rings is 8. The van der Waals surface area contributed by atoms with Crippen molar-refractivity contribution in [2.75, 3.05) is 0 Å². The molecule has 0 bridgehead atoms. The van der Waals surface area contributed by atoms with Crippen LogP contribution in [0.15, 0.2) is 194 Å². The summed E-state index contributed by atoms with van der Waals surface area (Å²) in [5, 5.41) is 4.71. The molecule has 10 aromatic rings. The second kappa shape index (κ2) is 12.9. The van der Waals surface area contributed by atoms with Gasteiger partial charge in [-0.1, -0.05) is 182 Å². The lowest BCUT2D eigenvalue weighted by Gasteiger charge is -2.13. The molecule has 0 saturated carbocycles. The van der Waals surface area contributed by atoms with Crippen LogP contribution >= 0.6 is 0 Å². The molecule has 0 atom stereocenters. The van der Waals surface area contributed by atoms with Crippen molar-refractivity contribution in [3.8, 4) is 62.1 Å². The molecule has 0 N–H and O–H groups in total. The Morgan fingerprint density at radius 3 is 1.34 bits per heavy atom. The van der Waals surface area contributed by atoms with E-state index in [1.807, 2.05) is 36.4 Å². The molecule has 0 spiro atoms. The van der Waals surface area contributed by atoms with E-state index in [0.717, 1.165) is 49.8 Å². The molecule has 4 nitrogen and oxygen atoms in total. The van der Waals surface area contributed by atoms with Crippen LogP contribution in [-0.2, 0) is 0 Å². The summed E-state index contributed by atoms with van der Waals surface area (Å²) in [6, 6.07) is 68.1. The summed E-state index contributed by atoms with van der Waals surface area (Å²) in [5.41, 5.74) is 10.9. The van der Waals surface area contributed by atoms with Gasteiger partial charge in [0.15, 0.2) is 11.6 Å². The summed E-state index contributed by atoms with van der Waals surface area (Å²) in [6.45, 7) is 0. The van der Waals surface area contributed by atoms with Gasteiger partial charge in [-0.3, -0.25) is 4.57 Å². The predicted octanol–water partition coefficient (Wildman–Crippen LogP) is 12.5. The van der Waals surface area contributed by atoms with E-state index in [2.05, 4.69) is 162 Å². The molecule has 4 heteroatoms. The van der Waals surface area contributed by atoms with E-state index in [9.17, 15) is 0 Å². The summed E-state index contributed by atoms with van der Waals surface area (Å²) < 4.78 is 2.24. The van der Waals surface area contributed by atoms with Crippen molar-refractivity contribution in [2.24, 2.45) is 0 Å². The highest BCUT2D eigenvalue weighted by Gasteiger charge is 2.21. The quantitative estimate of drug-likeness (QED) is 0.176. The molecule has 10 rings (SSSR count). The van der Waals surface area contributed by atoms with Crippen LogP contribution in [0.5, 0.6) is 0 Å². The van der Waals surface area contributed by atoms with Gasteiger partial charge in [-0.2, -0.15) is 9.97 Å². The molecule has 8 aromatic carbocycles. The van der Waals surface area contributed by atoms with E-state index in [-0.39, 0.29) is 0 Å². The van der Waals surface area contributed by atoms with Crippen molar-refractivity contribution in [2.45, 2.75) is 0 Å². The summed E-state index contributed by atoms with van der Waals surface area (Å²) in [7, 11) is 0. The number of hydrogen-bond acceptors (Lipinski definition) is 3. The Kier molecular flexibility index (Phi) is 7.43. The number of hydrogen-bond donors (Lipinski definition) is 0. The van der Waals surface area contributed by atoms with Gasteiger partial charge in [-0.05, 0) is 56.3 Å². The average molecular weight is 677 g/mol. The first-order chi connectivity index (χ1) is 26.3. The van der Waals surface area contributed by atoms with Crippen molar-refractivity contribution in [1.29, 1.82) is 0 Å². The van der Waals surface area contributed by atoms with E-state index in [1.54, 1.807) is 0 Å². The van der Waals surface area contributed by atoms with Crippen LogP contribution in [0.25, 0.3) is 94.7 Å². The van der Waals surface area contributed by atoms with Crippen LogP contribution < -0.4 is 0 Å². The van der Waals surface area contributed by atoms with E-state index >= 15 is 0 Å². The first kappa shape index (κ1) is 30.6. The molecular formula is C49H32N4. The fourth-order valence-electron chi connectivity index (χ4n) is 7.51. The minimum absolute atomic E-state index is 0.573. The SMILES string of the molecule is c1ccc(-c2ccc(-c3ccc4c5c6ccccc6c(-c6ccccc6)cc5n(-c5nc(-c6ccccc6)nc(-c6ccccc6)n5)c4c3)cc2)cc1. The average Bonchev–Trinajstić information content (AvgIpc) is 3.58. The molecular weight excluding hydrogens is 645 g/mol. The van der Waals surface area contributed by atoms with E-state index in [0.29, 0.717) is 17.6 Å². The molecule has 2 aromatic heterocycles. The number of nitrogens with zero attached hydrogens (tertiary/aromatic N) is 4. The fourth-order valence-corrected chi connectivity index (χ4v) is 7.51. The summed E-state index contributed by atoms with van der Waals surface area (Å²) in [4.78, 5) is 15.5. The Bertz CT molecular complexity index is 2840. The summed E-state index contributed by atoms with van der Waals surface area (Å²) in [5.74, 6) is 1.82. The van der Waals surface area contributed by atoms with Gasteiger partial charge >= 0.3 is 0 Å². The minimum atomic E-state index is 0.573. The van der Waals surface area contributed by atoms with Crippen molar-refractivity contribution in [3.05, 3.63) is 194 Å². The Balaban J connectivity index is 1.28. The van der Waals surface area contributed by atoms with Gasteiger partial charge in [-0.15, -0.1) is 0 Å². The van der Waals surface area contributed by atoms with Crippen molar-refractivity contribution >= 4 is 32.6 Å². The molecule has 0 aliphatic heterocycles. The molecule has 2 heterocycles. The molecule has 53 heavy (non-hydrogen) atoms. The topological polar surface area (TPSA) is 43.6 Å². The van der Waals surface area contributed by atoms with Crippen LogP contribution in [0, 0.1) is 0 Å². The van der Waals surface area contributed by atoms with E-state index in [4.69, 9.17) is 15.0 Å². The van der Waals surface area contributed by atoms with Gasteiger partial charge in [0.05, 0.1) is 11.0 Å². The summed E-state index contributed by atoms with van der Waals surface area (Å²) in [6.07, 6.45) is 0. The predicted molar refractivity (Wildman–Crippen MR) is 219 cm³/mol. The lowest BCUT2D eigenvalue weighted by atomic mass is 9.94. The minimum Gasteiger partial charge on any atom is -0.278 e. The third-order valence-corrected chi connectivity index (χ3v) is 10.1. The zero-order chi connectivity index (χ0) is 35.1. The molecule has 248 valence electrons. The third kappa shape index (κ3) is 5.45. The summed E-state index contributed by atoms with van der Waals surface area (Å²) >= 11 is 0. The van der Waals surface area contributed by atoms with Crippen LogP contribution in [0.4, 0.5) is 0 Å². The van der Waals surface area contributed by atoms with Crippen LogP contribution in [0.1, 0.15) is 0 Å². The van der Waals surface area contributed by atoms with Crippen LogP contribution in [0.3, 0.4) is 0 Å². The zero-order valence-corrected chi connectivity index (χ0v) is 28.8. The van der Waals surface area contributed by atoms with E-state index < -0.39 is 0 Å². The largest absolute Gasteiger partial charge is 0.278 e. The maximum Gasteiger partial charge on any atom is 0.238 e. The number of fused-ring (bicyclic) bond motifs is 5. The third-order valence-electron chi connectivity index (χ3n) is 10.1. The van der Waals surface area contributed by atoms with Crippen molar-refractivity contribution in [1.82, 2.24) is 19.5 Å². The van der Waals surface area contributed by atoms with Gasteiger partial charge in [0, 0.05) is 21.9 Å². The fraction of sp³-hybridized carbons (Fsp3) is 0. The van der Waals surface area contributed by atoms with Gasteiger partial charge in [0.25, 0.3) is 0 Å². The molecule has 0 saturated heterocycles. The number of aromatic nitrogens is 4. The number of rotatable bonds is 6. The standard InChI is InChI=1S/C49H32N4/c1-5-15-33(16-6-1)34-25-27-35(28-26-34)39-29-30-42-44(31-39)53(45-32-43(36-17-7-2-8-18-36)40-23-13-14-24-41(40)46(42)45)49-51-47(37-19-9-3-10-20-37)50-48(52-49)38-21-11-4-12-22-38/h1-32H. The first-order valence-corrected chi connectivity index (χ1v) is 17.9. The Labute approximate surface area is 307 Å². The first-order valence-electron chi connectivity index (χ1n) is 17.9. The maximum atomic E-state index is 5.24. The normalized spacial score (nSPS) is 11.4. The second-order valence-corrected chi connectivity index (χ2v) is 13.3. The highest BCUT2D eigenvalue weighted by atomic mass is 15.2. The highest BCUT2D eigenvalue weighted by molar-refractivity contribution is 6.24. The monoisotopic (exact) mass is 676 g/mol. The van der Waals surface area contributed by atoms with Crippen molar-refractivity contribution < 1.29 is 0 Å². The molecule has 0 unspecified atom stereocenters. The van der Waals surface area contributed by atoms with Gasteiger partial charge in [-0.25, -0.2) is 4.98 Å². The Morgan fingerprint density at radius 2 is 0.755 bits per heavy atom. The van der Waals surface area contributed by atoms with Gasteiger partial charge < -0.3 is 0 Å². The Morgan fingerprint density at radius 1 is 0.302 bits per heavy atom. The highest BCUT2D eigenvalue weighted by Crippen LogP contribution is 2.42. The van der Waals surface area contributed by atoms with Crippen LogP contribution in [-0.4, -0.2) is 19.5 Å². The Hall–Kier alpha value is -7.17. The molecule has 0 amide bonds. The smallest absolute Gasteiger partial charge is 0.238 e. The molecule has 0 radical (unpaired) electrons. The molecule has 0 aliphatic rings. The van der Waals surface area contributed by atoms with Crippen molar-refractivity contribution in [3.63, 3.8) is 0 Å².